The molecule has 0 aliphatic carbocycles. The molecule has 0 saturated carbocycles. The van der Waals surface area contributed by atoms with Gasteiger partial charge in [0.05, 0.1) is 18.0 Å². The lowest BCUT2D eigenvalue weighted by atomic mass is 10.4. The molecule has 8 heteroatoms. The van der Waals surface area contributed by atoms with Crippen LogP contribution in [0.2, 0.25) is 0 Å². The second kappa shape index (κ2) is 6.55. The minimum Gasteiger partial charge on any atom is -0.319 e. The van der Waals surface area contributed by atoms with Crippen molar-refractivity contribution in [1.29, 1.82) is 0 Å². The first-order chi connectivity index (χ1) is 8.15. The van der Waals surface area contributed by atoms with Gasteiger partial charge in [-0.3, -0.25) is 0 Å². The summed E-state index contributed by atoms with van der Waals surface area (Å²) in [5.74, 6) is 0.253. The summed E-state index contributed by atoms with van der Waals surface area (Å²) in [6.07, 6.45) is 1.23. The molecule has 0 amide bonds. The normalized spacial score (nSPS) is 24.0. The fourth-order valence-corrected chi connectivity index (χ4v) is 12.7. The highest BCUT2D eigenvalue weighted by molar-refractivity contribution is 8.69. The molecular weight excluding hydrogens is 311 g/mol. The van der Waals surface area contributed by atoms with Gasteiger partial charge in [0, 0.05) is 0 Å². The van der Waals surface area contributed by atoms with E-state index in [4.69, 9.17) is 20.9 Å². The van der Waals surface area contributed by atoms with Gasteiger partial charge in [-0.25, -0.2) is 8.42 Å². The first kappa shape index (κ1) is 16.9. The van der Waals surface area contributed by atoms with Gasteiger partial charge in [-0.15, -0.1) is 0 Å². The predicted octanol–water partition coefficient (Wildman–Crippen LogP) is 3.33. The van der Waals surface area contributed by atoms with E-state index in [0.717, 1.165) is 0 Å². The largest absolute Gasteiger partial charge is 0.319 e. The van der Waals surface area contributed by atoms with Crippen molar-refractivity contribution in [2.24, 2.45) is 0 Å². The van der Waals surface area contributed by atoms with Crippen LogP contribution in [0, 0.1) is 0 Å². The van der Waals surface area contributed by atoms with Gasteiger partial charge in [0.15, 0.2) is 9.84 Å². The molecular formula is C10H21O4PS3. The zero-order valence-electron chi connectivity index (χ0n) is 11.2. The second-order valence-electron chi connectivity index (χ2n) is 4.80. The quantitative estimate of drug-likeness (QED) is 0.696. The fourth-order valence-electron chi connectivity index (χ4n) is 1.62. The average molecular weight is 332 g/mol. The van der Waals surface area contributed by atoms with E-state index in [1.54, 1.807) is 0 Å². The van der Waals surface area contributed by atoms with Crippen LogP contribution >= 0.6 is 17.1 Å². The molecule has 1 unspecified atom stereocenters. The van der Waals surface area contributed by atoms with Crippen LogP contribution in [-0.2, 0) is 30.7 Å². The Labute approximate surface area is 119 Å². The van der Waals surface area contributed by atoms with Crippen molar-refractivity contribution in [2.75, 3.05) is 5.75 Å². The van der Waals surface area contributed by atoms with Crippen LogP contribution in [0.1, 0.15) is 40.5 Å². The monoisotopic (exact) mass is 332 g/mol. The Morgan fingerprint density at radius 2 is 1.72 bits per heavy atom. The summed E-state index contributed by atoms with van der Waals surface area (Å²) in [5.41, 5.74) is -2.59. The molecule has 1 rings (SSSR count). The van der Waals surface area contributed by atoms with Crippen molar-refractivity contribution >= 4 is 38.7 Å². The van der Waals surface area contributed by atoms with Gasteiger partial charge in [-0.2, -0.15) is 0 Å². The standard InChI is InChI=1S/C10H21O4PS3/c1-8(2)13-15(16,14-9(3)4)17-10-6-5-7-18(10,11)12/h8-10H,5-7H2,1-4H3. The van der Waals surface area contributed by atoms with Crippen LogP contribution in [-0.4, -0.2) is 31.0 Å². The topological polar surface area (TPSA) is 52.6 Å². The first-order valence-corrected chi connectivity index (χ1v) is 11.9. The fraction of sp³-hybridized carbons (Fsp3) is 1.00. The second-order valence-corrected chi connectivity index (χ2v) is 13.7. The number of rotatable bonds is 6. The molecule has 1 fully saturated rings. The van der Waals surface area contributed by atoms with E-state index >= 15 is 0 Å². The maximum atomic E-state index is 11.9. The molecule has 108 valence electrons. The predicted molar refractivity (Wildman–Crippen MR) is 81.1 cm³/mol. The number of sulfone groups is 1. The minimum absolute atomic E-state index is 0.0637. The van der Waals surface area contributed by atoms with Gasteiger partial charge in [0.1, 0.15) is 4.58 Å². The third kappa shape index (κ3) is 5.10. The van der Waals surface area contributed by atoms with Crippen LogP contribution in [0.4, 0.5) is 0 Å². The van der Waals surface area contributed by atoms with E-state index in [0.29, 0.717) is 12.8 Å². The molecule has 18 heavy (non-hydrogen) atoms. The van der Waals surface area contributed by atoms with Crippen molar-refractivity contribution in [3.8, 4) is 0 Å². The Kier molecular flexibility index (Phi) is 6.16. The van der Waals surface area contributed by atoms with E-state index < -0.39 is 20.1 Å². The van der Waals surface area contributed by atoms with Crippen molar-refractivity contribution < 1.29 is 17.5 Å². The lowest BCUT2D eigenvalue weighted by Gasteiger charge is -2.27. The summed E-state index contributed by atoms with van der Waals surface area (Å²) in [6.45, 7) is 7.53. The van der Waals surface area contributed by atoms with E-state index in [-0.39, 0.29) is 18.0 Å². The lowest BCUT2D eigenvalue weighted by molar-refractivity contribution is 0.186. The highest BCUT2D eigenvalue weighted by Crippen LogP contribution is 2.65. The summed E-state index contributed by atoms with van der Waals surface area (Å²) >= 11 is 6.67. The molecule has 1 heterocycles. The number of hydrogen-bond acceptors (Lipinski definition) is 6. The summed E-state index contributed by atoms with van der Waals surface area (Å²) in [5, 5.41) is 0. The number of hydrogen-bond donors (Lipinski definition) is 0. The highest BCUT2D eigenvalue weighted by Gasteiger charge is 2.38. The molecule has 0 spiro atoms. The Morgan fingerprint density at radius 1 is 1.22 bits per heavy atom. The molecule has 0 radical (unpaired) electrons. The van der Waals surface area contributed by atoms with Gasteiger partial charge in [0.2, 0.25) is 5.69 Å². The zero-order valence-corrected chi connectivity index (χ0v) is 14.5. The van der Waals surface area contributed by atoms with Gasteiger partial charge < -0.3 is 9.05 Å². The molecule has 0 aromatic heterocycles. The average Bonchev–Trinajstić information content (AvgIpc) is 2.41. The van der Waals surface area contributed by atoms with E-state index in [1.165, 1.54) is 11.4 Å². The highest BCUT2D eigenvalue weighted by atomic mass is 32.9. The van der Waals surface area contributed by atoms with Crippen molar-refractivity contribution in [3.63, 3.8) is 0 Å². The Hall–Kier alpha value is 0.870. The van der Waals surface area contributed by atoms with Crippen molar-refractivity contribution in [3.05, 3.63) is 0 Å². The van der Waals surface area contributed by atoms with Gasteiger partial charge in [-0.1, -0.05) is 11.4 Å². The van der Waals surface area contributed by atoms with Gasteiger partial charge >= 0.3 is 0 Å². The van der Waals surface area contributed by atoms with E-state index in [9.17, 15) is 8.42 Å². The zero-order chi connectivity index (χ0) is 14.0. The van der Waals surface area contributed by atoms with Crippen LogP contribution in [0.25, 0.3) is 0 Å². The van der Waals surface area contributed by atoms with Crippen LogP contribution in [0.15, 0.2) is 0 Å². The third-order valence-corrected chi connectivity index (χ3v) is 11.1. The molecule has 0 bridgehead atoms. The van der Waals surface area contributed by atoms with Gasteiger partial charge in [-0.05, 0) is 52.3 Å². The van der Waals surface area contributed by atoms with Crippen LogP contribution < -0.4 is 0 Å². The maximum absolute atomic E-state index is 11.9. The Bertz CT molecular complexity index is 405. The molecule has 1 aliphatic heterocycles. The van der Waals surface area contributed by atoms with E-state index in [1.807, 2.05) is 27.7 Å². The molecule has 0 aromatic carbocycles. The van der Waals surface area contributed by atoms with Gasteiger partial charge in [0.25, 0.3) is 0 Å². The molecule has 4 nitrogen and oxygen atoms in total. The third-order valence-electron chi connectivity index (χ3n) is 2.20. The van der Waals surface area contributed by atoms with Crippen molar-refractivity contribution in [1.82, 2.24) is 0 Å². The van der Waals surface area contributed by atoms with Crippen molar-refractivity contribution in [2.45, 2.75) is 57.3 Å². The molecule has 1 atom stereocenters. The molecule has 0 N–H and O–H groups in total. The Morgan fingerprint density at radius 3 is 2.06 bits per heavy atom. The van der Waals surface area contributed by atoms with Crippen LogP contribution in [0.5, 0.6) is 0 Å². The SMILES string of the molecule is CC(C)OP(=S)(OC(C)C)SC1CCCS1(=O)=O. The maximum Gasteiger partial charge on any atom is 0.249 e. The lowest BCUT2D eigenvalue weighted by Crippen LogP contribution is -2.14. The molecule has 0 aromatic rings. The molecule has 1 aliphatic rings. The Balaban J connectivity index is 2.82. The van der Waals surface area contributed by atoms with E-state index in [2.05, 4.69) is 0 Å². The van der Waals surface area contributed by atoms with Crippen LogP contribution in [0.3, 0.4) is 0 Å². The summed E-state index contributed by atoms with van der Waals surface area (Å²) in [7, 11) is -3.03. The smallest absolute Gasteiger partial charge is 0.249 e. The summed E-state index contributed by atoms with van der Waals surface area (Å²) in [6, 6.07) is 0. The summed E-state index contributed by atoms with van der Waals surface area (Å²) < 4.78 is 34.7. The summed E-state index contributed by atoms with van der Waals surface area (Å²) in [4.78, 5) is 0. The first-order valence-electron chi connectivity index (χ1n) is 6.01. The minimum atomic E-state index is -3.03. The molecule has 1 saturated heterocycles.